The summed E-state index contributed by atoms with van der Waals surface area (Å²) >= 11 is 0. The Balaban J connectivity index is 1.85. The van der Waals surface area contributed by atoms with Crippen molar-refractivity contribution in [2.45, 2.75) is 52.9 Å². The summed E-state index contributed by atoms with van der Waals surface area (Å²) in [4.78, 5) is 11.5. The van der Waals surface area contributed by atoms with E-state index < -0.39 is 0 Å². The molecule has 15 heavy (non-hydrogen) atoms. The number of carbonyl (C=O) groups is 1. The average Bonchev–Trinajstić information content (AvgIpc) is 2.82. The van der Waals surface area contributed by atoms with Crippen molar-refractivity contribution >= 4 is 5.78 Å². The zero-order valence-corrected chi connectivity index (χ0v) is 10.2. The van der Waals surface area contributed by atoms with Crippen LogP contribution in [-0.2, 0) is 4.79 Å². The van der Waals surface area contributed by atoms with Gasteiger partial charge in [-0.2, -0.15) is 0 Å². The molecule has 1 nitrogen and oxygen atoms in total. The average molecular weight is 206 g/mol. The van der Waals surface area contributed by atoms with Gasteiger partial charge in [0.2, 0.25) is 0 Å². The third-order valence-corrected chi connectivity index (χ3v) is 4.48. The molecule has 84 valence electrons. The zero-order chi connectivity index (χ0) is 11.1. The van der Waals surface area contributed by atoms with Crippen LogP contribution in [-0.4, -0.2) is 5.78 Å². The van der Waals surface area contributed by atoms with Crippen molar-refractivity contribution in [2.75, 3.05) is 0 Å². The summed E-state index contributed by atoms with van der Waals surface area (Å²) in [6.45, 7) is 6.65. The quantitative estimate of drug-likeness (QED) is 0.640. The summed E-state index contributed by atoms with van der Waals surface area (Å²) in [5.41, 5.74) is 1.86. The predicted octanol–water partition coefficient (Wildman–Crippen LogP) is 3.74. The largest absolute Gasteiger partial charge is 0.299 e. The topological polar surface area (TPSA) is 17.1 Å². The van der Waals surface area contributed by atoms with Crippen molar-refractivity contribution in [1.82, 2.24) is 0 Å². The Morgan fingerprint density at radius 3 is 2.80 bits per heavy atom. The first-order valence-electron chi connectivity index (χ1n) is 6.22. The van der Waals surface area contributed by atoms with E-state index in [-0.39, 0.29) is 0 Å². The van der Waals surface area contributed by atoms with E-state index in [1.165, 1.54) is 31.3 Å². The van der Waals surface area contributed by atoms with Crippen molar-refractivity contribution in [3.8, 4) is 0 Å². The van der Waals surface area contributed by atoms with Crippen molar-refractivity contribution in [3.05, 3.63) is 11.6 Å². The molecule has 0 heterocycles. The second kappa shape index (κ2) is 3.77. The van der Waals surface area contributed by atoms with Gasteiger partial charge in [-0.25, -0.2) is 0 Å². The van der Waals surface area contributed by atoms with E-state index in [4.69, 9.17) is 0 Å². The fourth-order valence-corrected chi connectivity index (χ4v) is 3.26. The molecule has 0 spiro atoms. The summed E-state index contributed by atoms with van der Waals surface area (Å²) in [6, 6.07) is 0. The number of ketones is 1. The molecule has 2 saturated carbocycles. The predicted molar refractivity (Wildman–Crippen MR) is 62.6 cm³/mol. The van der Waals surface area contributed by atoms with Crippen LogP contribution in [0, 0.1) is 17.3 Å². The van der Waals surface area contributed by atoms with Gasteiger partial charge in [-0.1, -0.05) is 18.6 Å². The van der Waals surface area contributed by atoms with Crippen LogP contribution in [0.5, 0.6) is 0 Å². The van der Waals surface area contributed by atoms with Crippen LogP contribution in [0.4, 0.5) is 0 Å². The minimum Gasteiger partial charge on any atom is -0.299 e. The monoisotopic (exact) mass is 206 g/mol. The highest BCUT2D eigenvalue weighted by atomic mass is 16.1. The molecule has 2 aliphatic carbocycles. The maximum atomic E-state index is 11.5. The summed E-state index contributed by atoms with van der Waals surface area (Å²) in [5.74, 6) is 1.74. The third-order valence-electron chi connectivity index (χ3n) is 4.48. The molecule has 0 aromatic rings. The lowest BCUT2D eigenvalue weighted by Crippen LogP contribution is -2.12. The molecule has 1 heteroatoms. The van der Waals surface area contributed by atoms with Crippen LogP contribution in [0.25, 0.3) is 0 Å². The van der Waals surface area contributed by atoms with Gasteiger partial charge >= 0.3 is 0 Å². The highest BCUT2D eigenvalue weighted by Gasteiger charge is 2.63. The van der Waals surface area contributed by atoms with Crippen LogP contribution < -0.4 is 0 Å². The Kier molecular flexibility index (Phi) is 2.74. The highest BCUT2D eigenvalue weighted by molar-refractivity contribution is 5.87. The smallest absolute Gasteiger partial charge is 0.136 e. The first kappa shape index (κ1) is 10.9. The summed E-state index contributed by atoms with van der Waals surface area (Å²) in [5, 5.41) is 0. The maximum absolute atomic E-state index is 11.5. The molecular weight excluding hydrogens is 184 g/mol. The van der Waals surface area contributed by atoms with Crippen LogP contribution >= 0.6 is 0 Å². The second-order valence-electron chi connectivity index (χ2n) is 5.72. The standard InChI is InChI=1S/C14H22O/c1-10(2)5-4-6-11(3)14-8-7-13(15)12(14)9-14/h5,11-12H,4,6-9H2,1-3H3/t11-,12?,14?/m1/s1. The van der Waals surface area contributed by atoms with Gasteiger partial charge in [0.1, 0.15) is 5.78 Å². The van der Waals surface area contributed by atoms with Crippen molar-refractivity contribution < 1.29 is 4.79 Å². The fourth-order valence-electron chi connectivity index (χ4n) is 3.26. The Bertz CT molecular complexity index is 298. The van der Waals surface area contributed by atoms with Crippen LogP contribution in [0.15, 0.2) is 11.6 Å². The summed E-state index contributed by atoms with van der Waals surface area (Å²) in [7, 11) is 0. The van der Waals surface area contributed by atoms with Crippen LogP contribution in [0.3, 0.4) is 0 Å². The lowest BCUT2D eigenvalue weighted by atomic mass is 9.85. The molecule has 2 fully saturated rings. The molecule has 0 aliphatic heterocycles. The van der Waals surface area contributed by atoms with Gasteiger partial charge in [0.25, 0.3) is 0 Å². The number of hydrogen-bond acceptors (Lipinski definition) is 1. The molecule has 3 atom stereocenters. The molecule has 0 bridgehead atoms. The van der Waals surface area contributed by atoms with Gasteiger partial charge in [-0.05, 0) is 50.9 Å². The number of hydrogen-bond donors (Lipinski definition) is 0. The van der Waals surface area contributed by atoms with E-state index in [0.29, 0.717) is 17.1 Å². The number of allylic oxidation sites excluding steroid dienone is 2. The molecule has 0 N–H and O–H groups in total. The minimum atomic E-state index is 0.451. The van der Waals surface area contributed by atoms with E-state index in [9.17, 15) is 4.79 Å². The summed E-state index contributed by atoms with van der Waals surface area (Å²) in [6.07, 6.45) is 7.99. The summed E-state index contributed by atoms with van der Waals surface area (Å²) < 4.78 is 0. The fraction of sp³-hybridized carbons (Fsp3) is 0.786. The Hall–Kier alpha value is -0.590. The Morgan fingerprint density at radius 1 is 1.60 bits per heavy atom. The second-order valence-corrected chi connectivity index (χ2v) is 5.72. The van der Waals surface area contributed by atoms with E-state index >= 15 is 0 Å². The molecule has 0 aromatic heterocycles. The lowest BCUT2D eigenvalue weighted by molar-refractivity contribution is -0.119. The lowest BCUT2D eigenvalue weighted by Gasteiger charge is -2.20. The van der Waals surface area contributed by atoms with Gasteiger partial charge in [0, 0.05) is 12.3 Å². The van der Waals surface area contributed by atoms with E-state index in [2.05, 4.69) is 26.8 Å². The molecule has 0 amide bonds. The molecule has 2 unspecified atom stereocenters. The number of Topliss-reactive ketones (excluding diaryl/α,β-unsaturated/α-hetero) is 1. The Labute approximate surface area is 92.9 Å². The Morgan fingerprint density at radius 2 is 2.33 bits per heavy atom. The SMILES string of the molecule is CC(C)=CCC[C@@H](C)C12CCC(=O)C1C2. The van der Waals surface area contributed by atoms with E-state index in [1.807, 2.05) is 0 Å². The highest BCUT2D eigenvalue weighted by Crippen LogP contribution is 2.66. The minimum absolute atomic E-state index is 0.451. The first-order chi connectivity index (χ1) is 7.06. The maximum Gasteiger partial charge on any atom is 0.136 e. The molecule has 0 radical (unpaired) electrons. The third kappa shape index (κ3) is 1.89. The van der Waals surface area contributed by atoms with Gasteiger partial charge in [0.05, 0.1) is 0 Å². The number of rotatable bonds is 4. The van der Waals surface area contributed by atoms with Crippen LogP contribution in [0.2, 0.25) is 0 Å². The number of fused-ring (bicyclic) bond motifs is 1. The number of carbonyl (C=O) groups excluding carboxylic acids is 1. The van der Waals surface area contributed by atoms with E-state index in [1.54, 1.807) is 0 Å². The molecular formula is C14H22O. The van der Waals surface area contributed by atoms with Crippen molar-refractivity contribution in [3.63, 3.8) is 0 Å². The molecule has 2 aliphatic rings. The van der Waals surface area contributed by atoms with Crippen molar-refractivity contribution in [1.29, 1.82) is 0 Å². The normalized spacial score (nSPS) is 34.9. The van der Waals surface area contributed by atoms with Crippen molar-refractivity contribution in [2.24, 2.45) is 17.3 Å². The molecule has 0 saturated heterocycles. The van der Waals surface area contributed by atoms with Gasteiger partial charge < -0.3 is 0 Å². The van der Waals surface area contributed by atoms with E-state index in [0.717, 1.165) is 12.3 Å². The van der Waals surface area contributed by atoms with Crippen LogP contribution in [0.1, 0.15) is 52.9 Å². The molecule has 0 aromatic carbocycles. The van der Waals surface area contributed by atoms with Gasteiger partial charge in [0.15, 0.2) is 0 Å². The zero-order valence-electron chi connectivity index (χ0n) is 10.2. The van der Waals surface area contributed by atoms with Gasteiger partial charge in [-0.15, -0.1) is 0 Å². The molecule has 2 rings (SSSR count). The van der Waals surface area contributed by atoms with Gasteiger partial charge in [-0.3, -0.25) is 4.79 Å². The first-order valence-corrected chi connectivity index (χ1v) is 6.22.